The Morgan fingerprint density at radius 2 is 1.63 bits per heavy atom. The third-order valence-corrected chi connectivity index (χ3v) is 5.37. The van der Waals surface area contributed by atoms with Crippen molar-refractivity contribution in [1.82, 2.24) is 4.98 Å². The fourth-order valence-corrected chi connectivity index (χ4v) is 3.73. The van der Waals surface area contributed by atoms with Gasteiger partial charge >= 0.3 is 22.0 Å². The first-order chi connectivity index (χ1) is 13.8. The van der Waals surface area contributed by atoms with Crippen LogP contribution in [0.1, 0.15) is 0 Å². The molecule has 0 saturated carbocycles. The lowest BCUT2D eigenvalue weighted by Gasteiger charge is -2.16. The summed E-state index contributed by atoms with van der Waals surface area (Å²) in [6, 6.07) is 6.60. The number of halogens is 6. The van der Waals surface area contributed by atoms with Crippen LogP contribution in [0.2, 0.25) is 0 Å². The Bertz CT molecular complexity index is 1270. The second kappa shape index (κ2) is 7.43. The van der Waals surface area contributed by atoms with E-state index in [0.29, 0.717) is 11.3 Å². The highest BCUT2D eigenvalue weighted by molar-refractivity contribution is 7.88. The molecule has 0 saturated heterocycles. The van der Waals surface area contributed by atoms with E-state index in [9.17, 15) is 39.6 Å². The molecule has 3 rings (SSSR count). The lowest BCUT2D eigenvalue weighted by molar-refractivity contribution is -0.274. The third-order valence-electron chi connectivity index (χ3n) is 3.48. The molecule has 0 unspecified atom stereocenters. The number of rotatable bonds is 4. The average Bonchev–Trinajstić information content (AvgIpc) is 2.60. The lowest BCUT2D eigenvalue weighted by Crippen LogP contribution is -2.28. The molecule has 0 bridgehead atoms. The standard InChI is InChI=1S/C16H7F6NO5S2/c17-15(18,19)27-9-5-2-1-4-8(9)11-13(28-30(25,26)16(20,21)22)12-10(29-14(11)24)6-3-7-23-12/h1-7H. The van der Waals surface area contributed by atoms with Crippen LogP contribution in [-0.2, 0) is 10.1 Å². The van der Waals surface area contributed by atoms with Crippen molar-refractivity contribution in [2.45, 2.75) is 11.9 Å². The Labute approximate surface area is 167 Å². The van der Waals surface area contributed by atoms with Gasteiger partial charge in [-0.1, -0.05) is 29.5 Å². The van der Waals surface area contributed by atoms with E-state index in [4.69, 9.17) is 0 Å². The summed E-state index contributed by atoms with van der Waals surface area (Å²) in [7, 11) is -6.27. The molecular formula is C16H7F6NO5S2. The summed E-state index contributed by atoms with van der Waals surface area (Å²) in [5.74, 6) is -2.11. The fourth-order valence-electron chi connectivity index (χ4n) is 2.36. The van der Waals surface area contributed by atoms with E-state index in [1.165, 1.54) is 18.2 Å². The zero-order valence-electron chi connectivity index (χ0n) is 14.1. The van der Waals surface area contributed by atoms with Crippen molar-refractivity contribution < 1.29 is 43.7 Å². The van der Waals surface area contributed by atoms with Crippen LogP contribution in [0.25, 0.3) is 21.3 Å². The number of alkyl halides is 6. The van der Waals surface area contributed by atoms with E-state index in [1.807, 2.05) is 0 Å². The molecule has 0 N–H and O–H groups in total. The molecule has 160 valence electrons. The summed E-state index contributed by atoms with van der Waals surface area (Å²) >= 11 is 0.427. The van der Waals surface area contributed by atoms with Gasteiger partial charge in [0.25, 0.3) is 0 Å². The van der Waals surface area contributed by atoms with Crippen molar-refractivity contribution in [3.63, 3.8) is 0 Å². The maximum atomic E-state index is 12.9. The second-order valence-electron chi connectivity index (χ2n) is 5.47. The fraction of sp³-hybridized carbons (Fsp3) is 0.125. The topological polar surface area (TPSA) is 82.6 Å². The quantitative estimate of drug-likeness (QED) is 0.318. The highest BCUT2D eigenvalue weighted by Gasteiger charge is 2.49. The van der Waals surface area contributed by atoms with Crippen molar-refractivity contribution in [2.75, 3.05) is 0 Å². The molecular weight excluding hydrogens is 464 g/mol. The first kappa shape index (κ1) is 21.8. The van der Waals surface area contributed by atoms with Gasteiger partial charge in [0, 0.05) is 11.8 Å². The average molecular weight is 471 g/mol. The van der Waals surface area contributed by atoms with Crippen LogP contribution in [-0.4, -0.2) is 25.3 Å². The molecule has 0 aliphatic carbocycles. The van der Waals surface area contributed by atoms with E-state index in [1.54, 1.807) is 0 Å². The molecule has 14 heteroatoms. The molecule has 0 fully saturated rings. The molecule has 30 heavy (non-hydrogen) atoms. The van der Waals surface area contributed by atoms with E-state index >= 15 is 0 Å². The van der Waals surface area contributed by atoms with Crippen LogP contribution >= 0.6 is 11.3 Å². The van der Waals surface area contributed by atoms with E-state index in [0.717, 1.165) is 24.4 Å². The minimum absolute atomic E-state index is 0.0483. The Balaban J connectivity index is 2.37. The largest absolute Gasteiger partial charge is 0.573 e. The summed E-state index contributed by atoms with van der Waals surface area (Å²) in [5, 5.41) is 0. The molecule has 0 radical (unpaired) electrons. The number of hydrogen-bond donors (Lipinski definition) is 0. The molecule has 2 heterocycles. The predicted octanol–water partition coefficient (Wildman–Crippen LogP) is 4.45. The maximum absolute atomic E-state index is 12.9. The normalized spacial score (nSPS) is 12.7. The highest BCUT2D eigenvalue weighted by atomic mass is 32.2. The number of ether oxygens (including phenoxy) is 1. The Hall–Kier alpha value is -2.87. The zero-order valence-corrected chi connectivity index (χ0v) is 15.7. The van der Waals surface area contributed by atoms with Gasteiger partial charge < -0.3 is 8.92 Å². The van der Waals surface area contributed by atoms with Crippen molar-refractivity contribution in [2.24, 2.45) is 0 Å². The minimum atomic E-state index is -6.27. The van der Waals surface area contributed by atoms with Gasteiger partial charge in [-0.2, -0.15) is 21.6 Å². The summed E-state index contributed by atoms with van der Waals surface area (Å²) < 4.78 is 107. The number of nitrogens with zero attached hydrogens (tertiary/aromatic N) is 1. The first-order valence-corrected chi connectivity index (χ1v) is 9.80. The van der Waals surface area contributed by atoms with Gasteiger partial charge in [-0.15, -0.1) is 13.2 Å². The summed E-state index contributed by atoms with van der Waals surface area (Å²) in [6.45, 7) is 0. The van der Waals surface area contributed by atoms with Crippen LogP contribution in [0.5, 0.6) is 11.5 Å². The van der Waals surface area contributed by atoms with E-state index in [2.05, 4.69) is 13.9 Å². The Morgan fingerprint density at radius 1 is 0.967 bits per heavy atom. The van der Waals surface area contributed by atoms with E-state index in [-0.39, 0.29) is 4.70 Å². The van der Waals surface area contributed by atoms with E-state index < -0.39 is 54.9 Å². The molecule has 0 atom stereocenters. The molecule has 0 aliphatic rings. The van der Waals surface area contributed by atoms with Gasteiger partial charge in [-0.25, -0.2) is 0 Å². The van der Waals surface area contributed by atoms with Gasteiger partial charge in [0.2, 0.25) is 4.74 Å². The van der Waals surface area contributed by atoms with Crippen LogP contribution in [0.15, 0.2) is 47.4 Å². The number of benzene rings is 1. The zero-order chi connectivity index (χ0) is 22.3. The molecule has 0 spiro atoms. The van der Waals surface area contributed by atoms with Crippen LogP contribution in [0.4, 0.5) is 26.3 Å². The third kappa shape index (κ3) is 4.33. The number of pyridine rings is 1. The number of aromatic nitrogens is 1. The van der Waals surface area contributed by atoms with Gasteiger partial charge in [-0.3, -0.25) is 9.78 Å². The van der Waals surface area contributed by atoms with Gasteiger partial charge in [0.05, 0.1) is 10.3 Å². The number of hydrogen-bond acceptors (Lipinski definition) is 7. The Kier molecular flexibility index (Phi) is 5.41. The van der Waals surface area contributed by atoms with Crippen molar-refractivity contribution in [1.29, 1.82) is 0 Å². The Morgan fingerprint density at radius 3 is 2.27 bits per heavy atom. The highest BCUT2D eigenvalue weighted by Crippen LogP contribution is 2.42. The minimum Gasteiger partial charge on any atom is -0.405 e. The van der Waals surface area contributed by atoms with Crippen LogP contribution in [0, 0.1) is 0 Å². The lowest BCUT2D eigenvalue weighted by atomic mass is 10.1. The first-order valence-electron chi connectivity index (χ1n) is 7.58. The van der Waals surface area contributed by atoms with Gasteiger partial charge in [0.15, 0.2) is 5.75 Å². The van der Waals surface area contributed by atoms with Crippen molar-refractivity contribution in [3.05, 3.63) is 52.1 Å². The molecule has 3 aromatic rings. The molecule has 6 nitrogen and oxygen atoms in total. The van der Waals surface area contributed by atoms with Crippen molar-refractivity contribution in [3.8, 4) is 22.6 Å². The maximum Gasteiger partial charge on any atom is 0.573 e. The summed E-state index contributed by atoms with van der Waals surface area (Å²) in [4.78, 5) is 16.3. The number of fused-ring (bicyclic) bond motifs is 1. The molecule has 2 aromatic heterocycles. The summed E-state index contributed by atoms with van der Waals surface area (Å²) in [6.07, 6.45) is -4.12. The predicted molar refractivity (Wildman–Crippen MR) is 93.6 cm³/mol. The van der Waals surface area contributed by atoms with Gasteiger partial charge in [-0.05, 0) is 18.2 Å². The monoisotopic (exact) mass is 471 g/mol. The number of para-hydroxylation sites is 1. The molecule has 1 aromatic carbocycles. The van der Waals surface area contributed by atoms with Crippen LogP contribution < -0.4 is 13.7 Å². The second-order valence-corrected chi connectivity index (χ2v) is 8.02. The molecule has 0 amide bonds. The molecule has 0 aliphatic heterocycles. The SMILES string of the molecule is O=c1sc2cccnc2c(OS(=O)(=O)C(F)(F)F)c1-c1ccccc1OC(F)(F)F. The summed E-state index contributed by atoms with van der Waals surface area (Å²) in [5.41, 5.74) is -7.84. The van der Waals surface area contributed by atoms with Gasteiger partial charge in [0.1, 0.15) is 11.3 Å². The van der Waals surface area contributed by atoms with Crippen molar-refractivity contribution >= 4 is 31.7 Å². The smallest absolute Gasteiger partial charge is 0.405 e. The van der Waals surface area contributed by atoms with Crippen LogP contribution in [0.3, 0.4) is 0 Å².